The zero-order valence-corrected chi connectivity index (χ0v) is 11.3. The molecule has 0 saturated heterocycles. The Morgan fingerprint density at radius 3 is 2.47 bits per heavy atom. The van der Waals surface area contributed by atoms with Gasteiger partial charge in [0.1, 0.15) is 17.7 Å². The van der Waals surface area contributed by atoms with Gasteiger partial charge in [-0.3, -0.25) is 0 Å². The SMILES string of the molecule is Cc1ccc(F)c(C(O)c2cccc(Cl)c2C)c1F. The highest BCUT2D eigenvalue weighted by atomic mass is 35.5. The van der Waals surface area contributed by atoms with Gasteiger partial charge in [0.25, 0.3) is 0 Å². The van der Waals surface area contributed by atoms with Gasteiger partial charge >= 0.3 is 0 Å². The molecule has 19 heavy (non-hydrogen) atoms. The third-order valence-corrected chi connectivity index (χ3v) is 3.61. The van der Waals surface area contributed by atoms with E-state index in [-0.39, 0.29) is 11.1 Å². The maximum atomic E-state index is 14.0. The average molecular weight is 283 g/mol. The molecule has 0 bridgehead atoms. The van der Waals surface area contributed by atoms with Crippen LogP contribution in [-0.2, 0) is 0 Å². The molecule has 1 N–H and O–H groups in total. The number of halogens is 3. The fourth-order valence-electron chi connectivity index (χ4n) is 2.00. The maximum Gasteiger partial charge on any atom is 0.135 e. The van der Waals surface area contributed by atoms with Crippen LogP contribution in [0.15, 0.2) is 30.3 Å². The zero-order valence-electron chi connectivity index (χ0n) is 10.5. The summed E-state index contributed by atoms with van der Waals surface area (Å²) in [6.07, 6.45) is -1.38. The summed E-state index contributed by atoms with van der Waals surface area (Å²) in [7, 11) is 0. The number of aryl methyl sites for hydroxylation is 1. The summed E-state index contributed by atoms with van der Waals surface area (Å²) in [6, 6.07) is 7.39. The van der Waals surface area contributed by atoms with Crippen molar-refractivity contribution in [1.29, 1.82) is 0 Å². The molecule has 1 atom stereocenters. The normalized spacial score (nSPS) is 12.5. The zero-order chi connectivity index (χ0) is 14.2. The van der Waals surface area contributed by atoms with E-state index in [1.165, 1.54) is 13.0 Å². The average Bonchev–Trinajstić information content (AvgIpc) is 2.37. The van der Waals surface area contributed by atoms with Crippen LogP contribution in [0.25, 0.3) is 0 Å². The van der Waals surface area contributed by atoms with E-state index < -0.39 is 17.7 Å². The molecule has 100 valence electrons. The topological polar surface area (TPSA) is 20.2 Å². The fourth-order valence-corrected chi connectivity index (χ4v) is 2.19. The minimum Gasteiger partial charge on any atom is -0.383 e. The molecule has 1 nitrogen and oxygen atoms in total. The molecule has 0 heterocycles. The van der Waals surface area contributed by atoms with Gasteiger partial charge in [-0.25, -0.2) is 8.78 Å². The van der Waals surface area contributed by atoms with Crippen molar-refractivity contribution in [2.24, 2.45) is 0 Å². The highest BCUT2D eigenvalue weighted by Gasteiger charge is 2.22. The Labute approximate surface area is 115 Å². The predicted molar refractivity (Wildman–Crippen MR) is 71.3 cm³/mol. The van der Waals surface area contributed by atoms with Crippen LogP contribution in [0.2, 0.25) is 5.02 Å². The molecular formula is C15H13ClF2O. The minimum atomic E-state index is -1.38. The maximum absolute atomic E-state index is 14.0. The first kappa shape index (κ1) is 14.0. The van der Waals surface area contributed by atoms with E-state index in [2.05, 4.69) is 0 Å². The van der Waals surface area contributed by atoms with Crippen LogP contribution in [0, 0.1) is 25.5 Å². The lowest BCUT2D eigenvalue weighted by molar-refractivity contribution is 0.208. The molecule has 2 aromatic carbocycles. The molecular weight excluding hydrogens is 270 g/mol. The van der Waals surface area contributed by atoms with Gasteiger partial charge in [-0.2, -0.15) is 0 Å². The molecule has 0 amide bonds. The first-order valence-electron chi connectivity index (χ1n) is 5.81. The second kappa shape index (κ2) is 5.27. The molecule has 0 aliphatic heterocycles. The van der Waals surface area contributed by atoms with Gasteiger partial charge in [-0.1, -0.05) is 29.8 Å². The van der Waals surface area contributed by atoms with Gasteiger partial charge in [-0.15, -0.1) is 0 Å². The lowest BCUT2D eigenvalue weighted by Gasteiger charge is -2.17. The Hall–Kier alpha value is -1.45. The number of hydrogen-bond acceptors (Lipinski definition) is 1. The monoisotopic (exact) mass is 282 g/mol. The second-order valence-electron chi connectivity index (χ2n) is 4.45. The molecule has 0 radical (unpaired) electrons. The van der Waals surface area contributed by atoms with Crippen LogP contribution < -0.4 is 0 Å². The van der Waals surface area contributed by atoms with E-state index in [9.17, 15) is 13.9 Å². The van der Waals surface area contributed by atoms with E-state index in [0.29, 0.717) is 16.1 Å². The molecule has 2 aromatic rings. The summed E-state index contributed by atoms with van der Waals surface area (Å²) in [6.45, 7) is 3.22. The standard InChI is InChI=1S/C15H13ClF2O/c1-8-6-7-12(17)13(14(8)18)15(19)10-4-3-5-11(16)9(10)2/h3-7,15,19H,1-2H3. The van der Waals surface area contributed by atoms with Gasteiger partial charge < -0.3 is 5.11 Å². The van der Waals surface area contributed by atoms with E-state index in [4.69, 9.17) is 11.6 Å². The fraction of sp³-hybridized carbons (Fsp3) is 0.200. The van der Waals surface area contributed by atoms with Gasteiger partial charge in [-0.05, 0) is 42.7 Å². The number of aliphatic hydroxyl groups excluding tert-OH is 1. The molecule has 2 rings (SSSR count). The molecule has 1 unspecified atom stereocenters. The molecule has 0 fully saturated rings. The number of benzene rings is 2. The number of rotatable bonds is 2. The number of hydrogen-bond donors (Lipinski definition) is 1. The third-order valence-electron chi connectivity index (χ3n) is 3.20. The van der Waals surface area contributed by atoms with Crippen LogP contribution in [0.3, 0.4) is 0 Å². The predicted octanol–water partition coefficient (Wildman–Crippen LogP) is 4.32. The van der Waals surface area contributed by atoms with Crippen molar-refractivity contribution in [2.45, 2.75) is 20.0 Å². The minimum absolute atomic E-state index is 0.287. The van der Waals surface area contributed by atoms with Crippen molar-refractivity contribution >= 4 is 11.6 Å². The second-order valence-corrected chi connectivity index (χ2v) is 4.86. The molecule has 4 heteroatoms. The van der Waals surface area contributed by atoms with Crippen molar-refractivity contribution < 1.29 is 13.9 Å². The molecule has 0 spiro atoms. The van der Waals surface area contributed by atoms with Gasteiger partial charge in [0.2, 0.25) is 0 Å². The van der Waals surface area contributed by atoms with Gasteiger partial charge in [0.05, 0.1) is 5.56 Å². The third kappa shape index (κ3) is 2.48. The smallest absolute Gasteiger partial charge is 0.135 e. The highest BCUT2D eigenvalue weighted by Crippen LogP contribution is 2.32. The van der Waals surface area contributed by atoms with Crippen molar-refractivity contribution in [2.75, 3.05) is 0 Å². The summed E-state index contributed by atoms with van der Waals surface area (Å²) >= 11 is 5.96. The van der Waals surface area contributed by atoms with Crippen LogP contribution in [0.4, 0.5) is 8.78 Å². The molecule has 0 aliphatic carbocycles. The van der Waals surface area contributed by atoms with Crippen LogP contribution in [0.1, 0.15) is 28.4 Å². The Bertz CT molecular complexity index is 626. The molecule has 0 aromatic heterocycles. The van der Waals surface area contributed by atoms with Crippen molar-refractivity contribution in [3.8, 4) is 0 Å². The summed E-state index contributed by atoms with van der Waals surface area (Å²) < 4.78 is 27.8. The van der Waals surface area contributed by atoms with Crippen LogP contribution >= 0.6 is 11.6 Å². The van der Waals surface area contributed by atoms with Crippen molar-refractivity contribution in [3.05, 3.63) is 69.2 Å². The number of aliphatic hydroxyl groups is 1. The Morgan fingerprint density at radius 2 is 1.79 bits per heavy atom. The summed E-state index contributed by atoms with van der Waals surface area (Å²) in [4.78, 5) is 0. The summed E-state index contributed by atoms with van der Waals surface area (Å²) in [5, 5.41) is 10.7. The van der Waals surface area contributed by atoms with E-state index in [1.807, 2.05) is 0 Å². The summed E-state index contributed by atoms with van der Waals surface area (Å²) in [5.41, 5.74) is 0.952. The highest BCUT2D eigenvalue weighted by molar-refractivity contribution is 6.31. The van der Waals surface area contributed by atoms with Crippen molar-refractivity contribution in [3.63, 3.8) is 0 Å². The first-order valence-corrected chi connectivity index (χ1v) is 6.19. The largest absolute Gasteiger partial charge is 0.383 e. The lowest BCUT2D eigenvalue weighted by Crippen LogP contribution is -2.08. The van der Waals surface area contributed by atoms with Crippen LogP contribution in [0.5, 0.6) is 0 Å². The molecule has 0 aliphatic rings. The van der Waals surface area contributed by atoms with Gasteiger partial charge in [0, 0.05) is 5.02 Å². The first-order chi connectivity index (χ1) is 8.93. The van der Waals surface area contributed by atoms with Crippen LogP contribution in [-0.4, -0.2) is 5.11 Å². The van der Waals surface area contributed by atoms with E-state index in [1.54, 1.807) is 25.1 Å². The Balaban J connectivity index is 2.59. The Kier molecular flexibility index (Phi) is 3.88. The Morgan fingerprint density at radius 1 is 1.11 bits per heavy atom. The van der Waals surface area contributed by atoms with E-state index in [0.717, 1.165) is 6.07 Å². The van der Waals surface area contributed by atoms with Crippen molar-refractivity contribution in [1.82, 2.24) is 0 Å². The van der Waals surface area contributed by atoms with E-state index >= 15 is 0 Å². The molecule has 0 saturated carbocycles. The lowest BCUT2D eigenvalue weighted by atomic mass is 9.95. The summed E-state index contributed by atoms with van der Waals surface area (Å²) in [5.74, 6) is -1.50. The van der Waals surface area contributed by atoms with Gasteiger partial charge in [0.15, 0.2) is 0 Å². The quantitative estimate of drug-likeness (QED) is 0.870.